The topological polar surface area (TPSA) is 0 Å². The van der Waals surface area contributed by atoms with Crippen molar-refractivity contribution in [2.24, 2.45) is 0 Å². The van der Waals surface area contributed by atoms with Crippen LogP contribution < -0.4 is 0 Å². The third-order valence-electron chi connectivity index (χ3n) is 3.64. The van der Waals surface area contributed by atoms with Gasteiger partial charge >= 0.3 is 0 Å². The summed E-state index contributed by atoms with van der Waals surface area (Å²) in [5.74, 6) is 0. The largest absolute Gasteiger partial charge is 0.123 e. The van der Waals surface area contributed by atoms with Gasteiger partial charge in [-0.15, -0.1) is 8.19 Å². The summed E-state index contributed by atoms with van der Waals surface area (Å²) < 4.78 is 0. The maximum Gasteiger partial charge on any atom is -0.000601 e. The second kappa shape index (κ2) is 5.63. The van der Waals surface area contributed by atoms with Crippen LogP contribution >= 0.6 is 8.19 Å². The van der Waals surface area contributed by atoms with Gasteiger partial charge in [-0.2, -0.15) is 0 Å². The van der Waals surface area contributed by atoms with Gasteiger partial charge in [-0.25, -0.2) is 0 Å². The molecule has 0 fully saturated rings. The maximum atomic E-state index is 2.41. The maximum absolute atomic E-state index is 2.41. The highest BCUT2D eigenvalue weighted by molar-refractivity contribution is 7.40. The third kappa shape index (κ3) is 2.60. The summed E-state index contributed by atoms with van der Waals surface area (Å²) >= 11 is 0. The molecule has 2 aromatic carbocycles. The van der Waals surface area contributed by atoms with Crippen LogP contribution in [0.2, 0.25) is 0 Å². The molecule has 1 heteroatoms. The quantitative estimate of drug-likeness (QED) is 0.553. The van der Waals surface area contributed by atoms with Crippen molar-refractivity contribution in [2.75, 3.05) is 0 Å². The lowest BCUT2D eigenvalue weighted by Crippen LogP contribution is -1.84. The number of benzene rings is 2. The second-order valence-electron chi connectivity index (χ2n) is 5.03. The molecule has 0 spiro atoms. The van der Waals surface area contributed by atoms with E-state index in [-0.39, 0.29) is 0 Å². The summed E-state index contributed by atoms with van der Waals surface area (Å²) in [4.78, 5) is 0. The van der Waals surface area contributed by atoms with Crippen LogP contribution in [0.1, 0.15) is 25.3 Å². The summed E-state index contributed by atoms with van der Waals surface area (Å²) in [5, 5.41) is 4.50. The van der Waals surface area contributed by atoms with Gasteiger partial charge in [0.15, 0.2) is 0 Å². The Hall–Kier alpha value is -1.52. The van der Waals surface area contributed by atoms with Crippen LogP contribution in [0.25, 0.3) is 21.4 Å². The molecular weight excluding hydrogens is 247 g/mol. The predicted octanol–water partition coefficient (Wildman–Crippen LogP) is 5.88. The monoisotopic (exact) mass is 266 g/mol. The lowest BCUT2D eigenvalue weighted by Gasteiger charge is -2.01. The summed E-state index contributed by atoms with van der Waals surface area (Å²) in [7, 11) is 0.811. The van der Waals surface area contributed by atoms with E-state index in [9.17, 15) is 0 Å². The zero-order valence-electron chi connectivity index (χ0n) is 11.3. The average Bonchev–Trinajstić information content (AvgIpc) is 2.90. The van der Waals surface area contributed by atoms with Crippen LogP contribution in [0.15, 0.2) is 54.6 Å². The second-order valence-corrected chi connectivity index (χ2v) is 6.36. The average molecular weight is 266 g/mol. The zero-order valence-corrected chi connectivity index (χ0v) is 12.3. The number of unbranched alkanes of at least 4 members (excludes halogenated alkanes) is 1. The molecule has 0 saturated heterocycles. The number of rotatable bonds is 4. The van der Waals surface area contributed by atoms with Crippen molar-refractivity contribution in [1.29, 1.82) is 0 Å². The fourth-order valence-electron chi connectivity index (χ4n) is 2.58. The van der Waals surface area contributed by atoms with Gasteiger partial charge in [0.1, 0.15) is 0 Å². The van der Waals surface area contributed by atoms with Crippen LogP contribution in [0.4, 0.5) is 0 Å². The minimum absolute atomic E-state index is 0.811. The molecule has 0 nitrogen and oxygen atoms in total. The minimum atomic E-state index is 0.811. The molecule has 0 bridgehead atoms. The first-order valence-corrected chi connectivity index (χ1v) is 8.04. The van der Waals surface area contributed by atoms with E-state index in [4.69, 9.17) is 0 Å². The molecule has 0 aliphatic heterocycles. The van der Waals surface area contributed by atoms with E-state index in [0.717, 1.165) is 8.19 Å². The Morgan fingerprint density at radius 2 is 1.79 bits per heavy atom. The molecular formula is C18H19P. The van der Waals surface area contributed by atoms with Crippen LogP contribution in [-0.2, 0) is 6.42 Å². The Kier molecular flexibility index (Phi) is 3.71. The number of fused-ring (bicyclic) bond motifs is 1. The van der Waals surface area contributed by atoms with E-state index < -0.39 is 0 Å². The van der Waals surface area contributed by atoms with E-state index in [1.165, 1.54) is 46.2 Å². The molecule has 1 atom stereocenters. The van der Waals surface area contributed by atoms with Crippen LogP contribution in [0, 0.1) is 0 Å². The van der Waals surface area contributed by atoms with Gasteiger partial charge in [0.25, 0.3) is 0 Å². The predicted molar refractivity (Wildman–Crippen MR) is 87.5 cm³/mol. The zero-order chi connectivity index (χ0) is 13.1. The van der Waals surface area contributed by atoms with Crippen molar-refractivity contribution in [1.82, 2.24) is 0 Å². The molecule has 1 unspecified atom stereocenters. The minimum Gasteiger partial charge on any atom is -0.123 e. The van der Waals surface area contributed by atoms with Crippen molar-refractivity contribution in [2.45, 2.75) is 26.2 Å². The summed E-state index contributed by atoms with van der Waals surface area (Å²) in [6, 6.07) is 20.0. The van der Waals surface area contributed by atoms with E-state index in [1.807, 2.05) is 0 Å². The molecule has 19 heavy (non-hydrogen) atoms. The normalized spacial score (nSPS) is 11.4. The highest BCUT2D eigenvalue weighted by Gasteiger charge is 2.06. The van der Waals surface area contributed by atoms with Crippen LogP contribution in [0.3, 0.4) is 0 Å². The van der Waals surface area contributed by atoms with Gasteiger partial charge < -0.3 is 0 Å². The molecule has 0 N–H and O–H groups in total. The van der Waals surface area contributed by atoms with Gasteiger partial charge in [0.2, 0.25) is 0 Å². The third-order valence-corrected chi connectivity index (χ3v) is 5.05. The van der Waals surface area contributed by atoms with Crippen molar-refractivity contribution in [3.8, 4) is 10.9 Å². The molecule has 0 radical (unpaired) electrons. The summed E-state index contributed by atoms with van der Waals surface area (Å²) in [6.45, 7) is 2.26. The number of aryl methyl sites for hydroxylation is 1. The molecule has 3 rings (SSSR count). The first-order valence-electron chi connectivity index (χ1n) is 7.04. The van der Waals surface area contributed by atoms with Crippen LogP contribution in [0.5, 0.6) is 0 Å². The molecule has 0 amide bonds. The van der Waals surface area contributed by atoms with E-state index in [0.29, 0.717) is 0 Å². The Balaban J connectivity index is 2.05. The Labute approximate surface area is 116 Å². The first-order chi connectivity index (χ1) is 9.38. The smallest absolute Gasteiger partial charge is 0.000601 e. The van der Waals surface area contributed by atoms with Crippen molar-refractivity contribution < 1.29 is 0 Å². The lowest BCUT2D eigenvalue weighted by molar-refractivity contribution is 0.799. The fraction of sp³-hybridized carbons (Fsp3) is 0.222. The summed E-state index contributed by atoms with van der Waals surface area (Å²) in [5.41, 5.74) is 2.90. The van der Waals surface area contributed by atoms with Gasteiger partial charge in [-0.3, -0.25) is 0 Å². The van der Waals surface area contributed by atoms with E-state index in [2.05, 4.69) is 61.5 Å². The van der Waals surface area contributed by atoms with Gasteiger partial charge in [-0.1, -0.05) is 61.9 Å². The SMILES string of the molecule is CCCCc1cccc2[pH]c(-c3ccccc3)cc12. The molecule has 0 aliphatic carbocycles. The lowest BCUT2D eigenvalue weighted by atomic mass is 10.0. The van der Waals surface area contributed by atoms with Crippen LogP contribution in [-0.4, -0.2) is 0 Å². The molecule has 1 aromatic heterocycles. The number of hydrogen-bond donors (Lipinski definition) is 0. The van der Waals surface area contributed by atoms with Gasteiger partial charge in [0, 0.05) is 0 Å². The summed E-state index contributed by atoms with van der Waals surface area (Å²) in [6.07, 6.45) is 3.76. The van der Waals surface area contributed by atoms with Crippen molar-refractivity contribution >= 4 is 18.7 Å². The molecule has 0 saturated carbocycles. The van der Waals surface area contributed by atoms with E-state index >= 15 is 0 Å². The Morgan fingerprint density at radius 1 is 0.947 bits per heavy atom. The molecule has 96 valence electrons. The first kappa shape index (κ1) is 12.5. The van der Waals surface area contributed by atoms with Crippen molar-refractivity contribution in [3.05, 3.63) is 60.2 Å². The Morgan fingerprint density at radius 3 is 2.58 bits per heavy atom. The Bertz CT molecular complexity index is 664. The van der Waals surface area contributed by atoms with Gasteiger partial charge in [-0.05, 0) is 45.8 Å². The van der Waals surface area contributed by atoms with Gasteiger partial charge in [0.05, 0.1) is 0 Å². The highest BCUT2D eigenvalue weighted by atomic mass is 31.0. The standard InChI is InChI=1S/C18H19P/c1-2-3-8-14-11-7-12-17-16(14)13-18(19-17)15-9-5-4-6-10-15/h4-7,9-13,19H,2-3,8H2,1H3. The number of hydrogen-bond acceptors (Lipinski definition) is 0. The van der Waals surface area contributed by atoms with Crippen molar-refractivity contribution in [3.63, 3.8) is 0 Å². The fourth-order valence-corrected chi connectivity index (χ4v) is 3.94. The molecule has 3 aromatic rings. The molecule has 0 aliphatic rings. The molecule has 1 heterocycles. The highest BCUT2D eigenvalue weighted by Crippen LogP contribution is 2.39. The van der Waals surface area contributed by atoms with E-state index in [1.54, 1.807) is 0 Å².